The van der Waals surface area contributed by atoms with E-state index in [0.717, 1.165) is 32.1 Å². The van der Waals surface area contributed by atoms with Gasteiger partial charge in [-0.05, 0) is 44.9 Å². The topological polar surface area (TPSA) is 37.3 Å². The van der Waals surface area contributed by atoms with E-state index in [1.54, 1.807) is 0 Å². The standard InChI is InChI=1S/C20H32O2.Ca.2H/c1-2-3-4-5-6-7-8-9-10-11-12-13-14-15-16-17-18-19-20(21)22;;;/h6-7,9-10,12-13,15-16H,2-5,8,11,14,17-19H2,1H3,(H,21,22);;;/b7-6-,10-9-,13-12-,16-15-;;;. The van der Waals surface area contributed by atoms with Gasteiger partial charge in [-0.15, -0.1) is 0 Å². The van der Waals surface area contributed by atoms with E-state index in [2.05, 4.69) is 55.5 Å². The minimum absolute atomic E-state index is 0. The quantitative estimate of drug-likeness (QED) is 0.263. The predicted octanol–water partition coefficient (Wildman–Crippen LogP) is 5.30. The molecule has 128 valence electrons. The second kappa shape index (κ2) is 21.7. The van der Waals surface area contributed by atoms with Crippen LogP contribution in [0.4, 0.5) is 0 Å². The summed E-state index contributed by atoms with van der Waals surface area (Å²) in [7, 11) is 0. The van der Waals surface area contributed by atoms with Crippen LogP contribution in [0.2, 0.25) is 0 Å². The second-order valence-electron chi connectivity index (χ2n) is 5.37. The first kappa shape index (κ1) is 24.9. The van der Waals surface area contributed by atoms with Gasteiger partial charge in [0.2, 0.25) is 0 Å². The van der Waals surface area contributed by atoms with E-state index in [1.807, 2.05) is 0 Å². The number of hydrogen-bond donors (Lipinski definition) is 1. The van der Waals surface area contributed by atoms with Gasteiger partial charge in [0.15, 0.2) is 0 Å². The van der Waals surface area contributed by atoms with E-state index in [1.165, 1.54) is 25.7 Å². The molecule has 0 aliphatic carbocycles. The third-order valence-corrected chi connectivity index (χ3v) is 3.22. The summed E-state index contributed by atoms with van der Waals surface area (Å²) in [6.07, 6.45) is 27.3. The first-order valence-corrected chi connectivity index (χ1v) is 8.59. The molecule has 0 aromatic rings. The summed E-state index contributed by atoms with van der Waals surface area (Å²) in [5, 5.41) is 8.49. The van der Waals surface area contributed by atoms with E-state index in [-0.39, 0.29) is 44.2 Å². The van der Waals surface area contributed by atoms with Crippen molar-refractivity contribution in [2.75, 3.05) is 0 Å². The number of aliphatic carboxylic acids is 1. The molecule has 0 bridgehead atoms. The van der Waals surface area contributed by atoms with Gasteiger partial charge in [-0.2, -0.15) is 0 Å². The number of hydrogen-bond acceptors (Lipinski definition) is 1. The molecule has 0 aliphatic heterocycles. The molecule has 0 fully saturated rings. The SMILES string of the molecule is CCCCC/C=C\C/C=C\C/C=C\C/C=C\CCCC(=O)O.[CaH2]. The molecule has 0 aromatic heterocycles. The number of carbonyl (C=O) groups is 1. The molecule has 0 aromatic carbocycles. The Morgan fingerprint density at radius 2 is 1.17 bits per heavy atom. The molecule has 23 heavy (non-hydrogen) atoms. The van der Waals surface area contributed by atoms with Crippen molar-refractivity contribution in [2.24, 2.45) is 0 Å². The van der Waals surface area contributed by atoms with Crippen LogP contribution >= 0.6 is 0 Å². The number of carboxylic acids is 1. The van der Waals surface area contributed by atoms with Crippen molar-refractivity contribution in [3.63, 3.8) is 0 Å². The van der Waals surface area contributed by atoms with Crippen LogP contribution in [0.25, 0.3) is 0 Å². The van der Waals surface area contributed by atoms with Crippen molar-refractivity contribution in [3.8, 4) is 0 Å². The summed E-state index contributed by atoms with van der Waals surface area (Å²) in [5.41, 5.74) is 0. The third-order valence-electron chi connectivity index (χ3n) is 3.22. The summed E-state index contributed by atoms with van der Waals surface area (Å²) in [4.78, 5) is 10.3. The Kier molecular flexibility index (Phi) is 23.5. The molecule has 0 unspecified atom stereocenters. The molecule has 0 amide bonds. The molecule has 0 spiro atoms. The van der Waals surface area contributed by atoms with E-state index in [4.69, 9.17) is 5.11 Å². The van der Waals surface area contributed by atoms with Gasteiger partial charge in [0, 0.05) is 6.42 Å². The first-order chi connectivity index (χ1) is 10.8. The Hall–Kier alpha value is -0.310. The Morgan fingerprint density at radius 3 is 1.61 bits per heavy atom. The molecular formula is C20H34CaO2. The van der Waals surface area contributed by atoms with Crippen LogP contribution in [-0.2, 0) is 4.79 Å². The van der Waals surface area contributed by atoms with Crippen LogP contribution in [0, 0.1) is 0 Å². The summed E-state index contributed by atoms with van der Waals surface area (Å²) >= 11 is 0. The molecule has 3 heteroatoms. The average Bonchev–Trinajstić information content (AvgIpc) is 2.50. The van der Waals surface area contributed by atoms with Gasteiger partial charge >= 0.3 is 43.7 Å². The number of rotatable bonds is 14. The van der Waals surface area contributed by atoms with Gasteiger partial charge in [-0.3, -0.25) is 4.79 Å². The maximum atomic E-state index is 10.3. The van der Waals surface area contributed by atoms with Crippen molar-refractivity contribution < 1.29 is 9.90 Å². The van der Waals surface area contributed by atoms with E-state index in [9.17, 15) is 4.79 Å². The van der Waals surface area contributed by atoms with Crippen molar-refractivity contribution in [1.82, 2.24) is 0 Å². The predicted molar refractivity (Wildman–Crippen MR) is 105 cm³/mol. The van der Waals surface area contributed by atoms with Crippen molar-refractivity contribution >= 4 is 43.7 Å². The zero-order valence-corrected chi connectivity index (χ0v) is 14.0. The van der Waals surface area contributed by atoms with Crippen molar-refractivity contribution in [3.05, 3.63) is 48.6 Å². The molecule has 0 heterocycles. The zero-order valence-electron chi connectivity index (χ0n) is 14.0. The Bertz CT molecular complexity index is 368. The molecule has 0 rings (SSSR count). The van der Waals surface area contributed by atoms with Crippen LogP contribution < -0.4 is 0 Å². The third kappa shape index (κ3) is 24.1. The summed E-state index contributed by atoms with van der Waals surface area (Å²) in [6, 6.07) is 0. The van der Waals surface area contributed by atoms with E-state index in [0.29, 0.717) is 0 Å². The van der Waals surface area contributed by atoms with Crippen LogP contribution in [0.3, 0.4) is 0 Å². The van der Waals surface area contributed by atoms with Gasteiger partial charge in [0.1, 0.15) is 0 Å². The minimum atomic E-state index is -0.712. The number of unbranched alkanes of at least 4 members (excludes halogenated alkanes) is 4. The summed E-state index contributed by atoms with van der Waals surface area (Å²) in [6.45, 7) is 2.23. The van der Waals surface area contributed by atoms with E-state index < -0.39 is 5.97 Å². The second-order valence-corrected chi connectivity index (χ2v) is 5.37. The summed E-state index contributed by atoms with van der Waals surface area (Å²) < 4.78 is 0. The van der Waals surface area contributed by atoms with Gasteiger partial charge in [-0.1, -0.05) is 68.4 Å². The normalized spacial score (nSPS) is 11.9. The maximum absolute atomic E-state index is 10.3. The molecular weight excluding hydrogens is 312 g/mol. The number of carboxylic acid groups (broad SMARTS) is 1. The van der Waals surface area contributed by atoms with Gasteiger partial charge in [0.25, 0.3) is 0 Å². The molecule has 1 N–H and O–H groups in total. The van der Waals surface area contributed by atoms with Crippen molar-refractivity contribution in [2.45, 2.75) is 71.1 Å². The Balaban J connectivity index is 0. The monoisotopic (exact) mass is 346 g/mol. The fourth-order valence-corrected chi connectivity index (χ4v) is 1.93. The Labute approximate surface area is 172 Å². The first-order valence-electron chi connectivity index (χ1n) is 8.59. The average molecular weight is 347 g/mol. The fraction of sp³-hybridized carbons (Fsp3) is 0.550. The summed E-state index contributed by atoms with van der Waals surface area (Å²) in [5.74, 6) is -0.712. The number of allylic oxidation sites excluding steroid dienone is 8. The molecule has 2 nitrogen and oxygen atoms in total. The van der Waals surface area contributed by atoms with Crippen molar-refractivity contribution in [1.29, 1.82) is 0 Å². The van der Waals surface area contributed by atoms with Crippen LogP contribution in [-0.4, -0.2) is 48.8 Å². The van der Waals surface area contributed by atoms with Crippen LogP contribution in [0.1, 0.15) is 71.1 Å². The molecule has 0 aliphatic rings. The molecule has 0 atom stereocenters. The zero-order chi connectivity index (χ0) is 16.3. The fourth-order valence-electron chi connectivity index (χ4n) is 1.93. The van der Waals surface area contributed by atoms with E-state index >= 15 is 0 Å². The molecule has 0 radical (unpaired) electrons. The van der Waals surface area contributed by atoms with Gasteiger partial charge < -0.3 is 5.11 Å². The molecule has 0 saturated carbocycles. The Morgan fingerprint density at radius 1 is 0.739 bits per heavy atom. The van der Waals surface area contributed by atoms with Crippen LogP contribution in [0.5, 0.6) is 0 Å². The van der Waals surface area contributed by atoms with Gasteiger partial charge in [0.05, 0.1) is 0 Å². The van der Waals surface area contributed by atoms with Gasteiger partial charge in [-0.25, -0.2) is 0 Å². The van der Waals surface area contributed by atoms with Crippen LogP contribution in [0.15, 0.2) is 48.6 Å². The molecule has 0 saturated heterocycles.